The van der Waals surface area contributed by atoms with Crippen molar-refractivity contribution in [1.82, 2.24) is 15.5 Å². The van der Waals surface area contributed by atoms with Gasteiger partial charge in [-0.3, -0.25) is 5.01 Å². The van der Waals surface area contributed by atoms with E-state index in [2.05, 4.69) is 27.0 Å². The zero-order chi connectivity index (χ0) is 17.8. The van der Waals surface area contributed by atoms with Crippen LogP contribution in [0.5, 0.6) is 0 Å². The lowest BCUT2D eigenvalue weighted by molar-refractivity contribution is 0.295. The molecular weight excluding hydrogens is 336 g/mol. The molecule has 128 valence electrons. The maximum atomic E-state index is 9.12. The number of thiocarbonyl (C=S) groups is 1. The number of nitriles is 1. The van der Waals surface area contributed by atoms with Gasteiger partial charge in [-0.15, -0.1) is 0 Å². The molecule has 1 aliphatic heterocycles. The molecule has 0 saturated heterocycles. The minimum Gasteiger partial charge on any atom is -0.361 e. The first-order valence-corrected chi connectivity index (χ1v) is 8.25. The van der Waals surface area contributed by atoms with Gasteiger partial charge in [-0.2, -0.15) is 10.4 Å². The number of nitrogens with zero attached hydrogens (tertiary/aromatic N) is 4. The van der Waals surface area contributed by atoms with Gasteiger partial charge < -0.3 is 15.2 Å². The van der Waals surface area contributed by atoms with Crippen LogP contribution in [0.4, 0.5) is 5.69 Å². The van der Waals surface area contributed by atoms with Gasteiger partial charge >= 0.3 is 0 Å². The average molecular weight is 354 g/mol. The van der Waals surface area contributed by atoms with Crippen LogP contribution in [0.15, 0.2) is 33.9 Å². The smallest absolute Gasteiger partial charge is 0.171 e. The summed E-state index contributed by atoms with van der Waals surface area (Å²) in [6.45, 7) is 5.16. The first kappa shape index (κ1) is 16.9. The van der Waals surface area contributed by atoms with E-state index in [1.54, 1.807) is 6.07 Å². The molecule has 1 unspecified atom stereocenters. The number of hydrazone groups is 1. The number of benzene rings is 1. The quantitative estimate of drug-likeness (QED) is 0.815. The second kappa shape index (κ2) is 7.32. The lowest BCUT2D eigenvalue weighted by Gasteiger charge is -2.18. The van der Waals surface area contributed by atoms with Gasteiger partial charge in [0.25, 0.3) is 0 Å². The molecular formula is C17H18N6OS. The average Bonchev–Trinajstić information content (AvgIpc) is 3.16. The Morgan fingerprint density at radius 1 is 1.44 bits per heavy atom. The molecule has 8 heteroatoms. The number of aromatic nitrogens is 1. The Morgan fingerprint density at radius 3 is 2.96 bits per heavy atom. The van der Waals surface area contributed by atoms with Gasteiger partial charge in [0.05, 0.1) is 36.1 Å². The summed E-state index contributed by atoms with van der Waals surface area (Å²) >= 11 is 5.34. The lowest BCUT2D eigenvalue weighted by atomic mass is 10.2. The van der Waals surface area contributed by atoms with Gasteiger partial charge in [-0.1, -0.05) is 17.3 Å². The van der Waals surface area contributed by atoms with Crippen molar-refractivity contribution in [3.8, 4) is 6.07 Å². The van der Waals surface area contributed by atoms with Crippen LogP contribution >= 0.6 is 12.2 Å². The fourth-order valence-electron chi connectivity index (χ4n) is 2.61. The van der Waals surface area contributed by atoms with Crippen molar-refractivity contribution >= 4 is 29.2 Å². The summed E-state index contributed by atoms with van der Waals surface area (Å²) in [6.07, 6.45) is 1.82. The van der Waals surface area contributed by atoms with E-state index in [4.69, 9.17) is 22.0 Å². The highest BCUT2D eigenvalue weighted by Crippen LogP contribution is 2.17. The molecule has 1 atom stereocenters. The van der Waals surface area contributed by atoms with Gasteiger partial charge in [0.15, 0.2) is 5.11 Å². The Morgan fingerprint density at radius 2 is 2.24 bits per heavy atom. The Bertz CT molecular complexity index is 834. The zero-order valence-electron chi connectivity index (χ0n) is 14.0. The standard InChI is InChI=1S/C17H18N6OS/c1-11-15(12(2)24-22-11)10-23-9-14(8-19-23)20-17(25)21-16-6-4-3-5-13(16)7-18/h3-6,8,14H,9-10H2,1-2H3,(H2,20,21,25). The largest absolute Gasteiger partial charge is 0.361 e. The molecule has 2 aromatic rings. The third-order valence-electron chi connectivity index (χ3n) is 3.95. The number of hydrogen-bond donors (Lipinski definition) is 2. The lowest BCUT2D eigenvalue weighted by Crippen LogP contribution is -2.41. The molecule has 1 aromatic carbocycles. The monoisotopic (exact) mass is 354 g/mol. The molecule has 0 amide bonds. The number of nitrogens with one attached hydrogen (secondary N) is 2. The molecule has 0 spiro atoms. The van der Waals surface area contributed by atoms with E-state index in [9.17, 15) is 0 Å². The van der Waals surface area contributed by atoms with Gasteiger partial charge in [0.2, 0.25) is 0 Å². The molecule has 1 aliphatic rings. The topological polar surface area (TPSA) is 89.5 Å². The molecule has 3 rings (SSSR count). The van der Waals surface area contributed by atoms with E-state index in [-0.39, 0.29) is 6.04 Å². The van der Waals surface area contributed by atoms with Crippen LogP contribution in [0.1, 0.15) is 22.6 Å². The van der Waals surface area contributed by atoms with Crippen molar-refractivity contribution in [2.45, 2.75) is 26.4 Å². The van der Waals surface area contributed by atoms with E-state index in [0.717, 1.165) is 17.0 Å². The predicted molar refractivity (Wildman–Crippen MR) is 99.2 cm³/mol. The molecule has 7 nitrogen and oxygen atoms in total. The second-order valence-corrected chi connectivity index (χ2v) is 6.18. The van der Waals surface area contributed by atoms with E-state index in [0.29, 0.717) is 29.5 Å². The predicted octanol–water partition coefficient (Wildman–Crippen LogP) is 2.32. The molecule has 0 saturated carbocycles. The van der Waals surface area contributed by atoms with Crippen molar-refractivity contribution in [2.75, 3.05) is 11.9 Å². The van der Waals surface area contributed by atoms with Crippen LogP contribution < -0.4 is 10.6 Å². The van der Waals surface area contributed by atoms with Crippen LogP contribution in [0.3, 0.4) is 0 Å². The Kier molecular flexibility index (Phi) is 4.95. The van der Waals surface area contributed by atoms with Crippen molar-refractivity contribution in [3.05, 3.63) is 46.8 Å². The highest BCUT2D eigenvalue weighted by Gasteiger charge is 2.21. The summed E-state index contributed by atoms with van der Waals surface area (Å²) in [5.74, 6) is 0.814. The van der Waals surface area contributed by atoms with E-state index >= 15 is 0 Å². The summed E-state index contributed by atoms with van der Waals surface area (Å²) in [5.41, 5.74) is 3.17. The van der Waals surface area contributed by atoms with E-state index in [1.165, 1.54) is 0 Å². The van der Waals surface area contributed by atoms with Crippen molar-refractivity contribution < 1.29 is 4.52 Å². The minimum absolute atomic E-state index is 0.00489. The molecule has 25 heavy (non-hydrogen) atoms. The highest BCUT2D eigenvalue weighted by atomic mass is 32.1. The number of aryl methyl sites for hydroxylation is 2. The number of anilines is 1. The number of hydrogen-bond acceptors (Lipinski definition) is 6. The normalized spacial score (nSPS) is 15.9. The molecule has 1 aromatic heterocycles. The summed E-state index contributed by atoms with van der Waals surface area (Å²) in [4.78, 5) is 0. The fraction of sp³-hybridized carbons (Fsp3) is 0.294. The third-order valence-corrected chi connectivity index (χ3v) is 4.17. The van der Waals surface area contributed by atoms with Gasteiger partial charge in [-0.05, 0) is 38.2 Å². The van der Waals surface area contributed by atoms with Gasteiger partial charge in [-0.25, -0.2) is 0 Å². The van der Waals surface area contributed by atoms with E-state index < -0.39 is 0 Å². The third kappa shape index (κ3) is 3.95. The van der Waals surface area contributed by atoms with Gasteiger partial charge in [0.1, 0.15) is 11.8 Å². The Labute approximate surface area is 151 Å². The van der Waals surface area contributed by atoms with Crippen LogP contribution in [-0.2, 0) is 6.54 Å². The van der Waals surface area contributed by atoms with Crippen LogP contribution in [0.2, 0.25) is 0 Å². The summed E-state index contributed by atoms with van der Waals surface area (Å²) in [6, 6.07) is 9.37. The van der Waals surface area contributed by atoms with Crippen molar-refractivity contribution in [3.63, 3.8) is 0 Å². The molecule has 0 aliphatic carbocycles. The van der Waals surface area contributed by atoms with Gasteiger partial charge in [0, 0.05) is 11.8 Å². The molecule has 0 bridgehead atoms. The maximum absolute atomic E-state index is 9.12. The fourth-order valence-corrected chi connectivity index (χ4v) is 2.87. The highest BCUT2D eigenvalue weighted by molar-refractivity contribution is 7.80. The molecule has 0 radical (unpaired) electrons. The van der Waals surface area contributed by atoms with Crippen molar-refractivity contribution in [2.24, 2.45) is 5.10 Å². The SMILES string of the molecule is Cc1noc(C)c1CN1CC(NC(=S)Nc2ccccc2C#N)C=N1. The first-order valence-electron chi connectivity index (χ1n) is 7.84. The number of rotatable bonds is 4. The number of para-hydroxylation sites is 1. The molecule has 0 fully saturated rings. The second-order valence-electron chi connectivity index (χ2n) is 5.78. The van der Waals surface area contributed by atoms with Crippen molar-refractivity contribution in [1.29, 1.82) is 5.26 Å². The van der Waals surface area contributed by atoms with Crippen LogP contribution in [0.25, 0.3) is 0 Å². The van der Waals surface area contributed by atoms with Crippen LogP contribution in [-0.4, -0.2) is 34.1 Å². The summed E-state index contributed by atoms with van der Waals surface area (Å²) in [7, 11) is 0. The Balaban J connectivity index is 1.54. The summed E-state index contributed by atoms with van der Waals surface area (Å²) in [5, 5.41) is 26.1. The Hall–Kier alpha value is -2.92. The molecule has 2 heterocycles. The van der Waals surface area contributed by atoms with Crippen LogP contribution in [0, 0.1) is 25.2 Å². The minimum atomic E-state index is -0.00489. The maximum Gasteiger partial charge on any atom is 0.171 e. The van der Waals surface area contributed by atoms with E-state index in [1.807, 2.05) is 43.3 Å². The first-order chi connectivity index (χ1) is 12.1. The summed E-state index contributed by atoms with van der Waals surface area (Å²) < 4.78 is 5.18. The molecule has 2 N–H and O–H groups in total. The zero-order valence-corrected chi connectivity index (χ0v) is 14.8.